The number of carbonyl (C=O) groups excluding carboxylic acids is 1. The number of aromatic amines is 1. The molecule has 1 fully saturated rings. The van der Waals surface area contributed by atoms with Crippen LogP contribution in [0.4, 0.5) is 14.6 Å². The summed E-state index contributed by atoms with van der Waals surface area (Å²) in [6, 6.07) is 4.40. The zero-order valence-electron chi connectivity index (χ0n) is 20.4. The summed E-state index contributed by atoms with van der Waals surface area (Å²) in [7, 11) is 0. The topological polar surface area (TPSA) is 149 Å². The number of aromatic nitrogens is 5. The maximum absolute atomic E-state index is 14.6. The van der Waals surface area contributed by atoms with Crippen molar-refractivity contribution < 1.29 is 23.8 Å². The minimum absolute atomic E-state index is 0.0335. The molecule has 5 N–H and O–H groups in total. The van der Waals surface area contributed by atoms with Crippen LogP contribution in [0.2, 0.25) is 0 Å². The standard InChI is InChI=1S/C26H27F2N7O3/c27-15-9-18-19(12-31-23(18)30-11-15)24-32-13-20(28)25(35-24)33-16-2-1-3-17(10-16)34-26(38)21-8-14(6-7-29-21)4-5-22(36)37/h6-9,11-13,16-17,22,36-37H,1-5,10H2,(H,30,31)(H,34,38)(H,32,33,35)/t16-,17+/m1/s1. The summed E-state index contributed by atoms with van der Waals surface area (Å²) in [6.45, 7) is 0. The SMILES string of the molecule is O=C(N[C@H]1CCC[C@@H](Nc2nc(-c3c[nH]c4ncc(F)cc34)ncc2F)C1)c1cc(CCC(O)O)ccn1. The zero-order valence-corrected chi connectivity index (χ0v) is 20.4. The minimum atomic E-state index is -1.41. The molecule has 2 atom stereocenters. The van der Waals surface area contributed by atoms with Gasteiger partial charge in [0.1, 0.15) is 17.2 Å². The van der Waals surface area contributed by atoms with Gasteiger partial charge in [-0.2, -0.15) is 0 Å². The summed E-state index contributed by atoms with van der Waals surface area (Å²) in [5.74, 6) is -1.17. The van der Waals surface area contributed by atoms with E-state index in [-0.39, 0.29) is 41.7 Å². The molecule has 10 nitrogen and oxygen atoms in total. The van der Waals surface area contributed by atoms with Gasteiger partial charge >= 0.3 is 0 Å². The summed E-state index contributed by atoms with van der Waals surface area (Å²) >= 11 is 0. The molecular weight excluding hydrogens is 496 g/mol. The number of H-pyrrole nitrogens is 1. The lowest BCUT2D eigenvalue weighted by atomic mass is 9.90. The Bertz CT molecular complexity index is 1450. The lowest BCUT2D eigenvalue weighted by Gasteiger charge is -2.30. The molecule has 0 saturated heterocycles. The summed E-state index contributed by atoms with van der Waals surface area (Å²) in [5.41, 5.74) is 2.01. The van der Waals surface area contributed by atoms with Gasteiger partial charge in [0.15, 0.2) is 23.7 Å². The van der Waals surface area contributed by atoms with Gasteiger partial charge < -0.3 is 25.8 Å². The smallest absolute Gasteiger partial charge is 0.270 e. The summed E-state index contributed by atoms with van der Waals surface area (Å²) in [6.07, 6.45) is 7.38. The summed E-state index contributed by atoms with van der Waals surface area (Å²) in [4.78, 5) is 32.4. The Labute approximate surface area is 216 Å². The molecule has 0 bridgehead atoms. The van der Waals surface area contributed by atoms with Crippen LogP contribution in [-0.4, -0.2) is 59.4 Å². The molecule has 1 saturated carbocycles. The van der Waals surface area contributed by atoms with Crippen molar-refractivity contribution in [2.75, 3.05) is 5.32 Å². The molecule has 4 heterocycles. The van der Waals surface area contributed by atoms with Gasteiger partial charge in [-0.15, -0.1) is 0 Å². The number of rotatable bonds is 8. The van der Waals surface area contributed by atoms with Gasteiger partial charge in [0.2, 0.25) is 0 Å². The number of anilines is 1. The van der Waals surface area contributed by atoms with Crippen molar-refractivity contribution in [2.24, 2.45) is 0 Å². The molecule has 5 rings (SSSR count). The first-order chi connectivity index (χ1) is 18.4. The van der Waals surface area contributed by atoms with Gasteiger partial charge in [-0.05, 0) is 55.9 Å². The van der Waals surface area contributed by atoms with E-state index in [1.165, 1.54) is 12.3 Å². The molecule has 198 valence electrons. The fraction of sp³-hybridized carbons (Fsp3) is 0.346. The number of pyridine rings is 2. The van der Waals surface area contributed by atoms with Crippen LogP contribution in [0.5, 0.6) is 0 Å². The first-order valence-electron chi connectivity index (χ1n) is 12.4. The number of aryl methyl sites for hydroxylation is 1. The van der Waals surface area contributed by atoms with Crippen LogP contribution in [0, 0.1) is 11.6 Å². The second kappa shape index (κ2) is 11.2. The van der Waals surface area contributed by atoms with E-state index in [1.54, 1.807) is 18.3 Å². The highest BCUT2D eigenvalue weighted by molar-refractivity contribution is 5.93. The van der Waals surface area contributed by atoms with Crippen molar-refractivity contribution in [3.05, 3.63) is 65.9 Å². The second-order valence-corrected chi connectivity index (χ2v) is 9.39. The Hall–Kier alpha value is -4.03. The quantitative estimate of drug-likeness (QED) is 0.221. The maximum atomic E-state index is 14.6. The average molecular weight is 524 g/mol. The highest BCUT2D eigenvalue weighted by Crippen LogP contribution is 2.28. The van der Waals surface area contributed by atoms with Crippen LogP contribution in [0.15, 0.2) is 43.0 Å². The molecule has 0 aromatic carbocycles. The highest BCUT2D eigenvalue weighted by Gasteiger charge is 2.25. The van der Waals surface area contributed by atoms with E-state index in [4.69, 9.17) is 10.2 Å². The van der Waals surface area contributed by atoms with Gasteiger partial charge in [0.05, 0.1) is 12.4 Å². The van der Waals surface area contributed by atoms with Crippen LogP contribution in [0.3, 0.4) is 0 Å². The highest BCUT2D eigenvalue weighted by atomic mass is 19.1. The molecule has 0 unspecified atom stereocenters. The van der Waals surface area contributed by atoms with Gasteiger partial charge in [-0.3, -0.25) is 9.78 Å². The van der Waals surface area contributed by atoms with Crippen molar-refractivity contribution in [3.63, 3.8) is 0 Å². The van der Waals surface area contributed by atoms with E-state index in [2.05, 4.69) is 35.6 Å². The van der Waals surface area contributed by atoms with Crippen molar-refractivity contribution in [1.29, 1.82) is 0 Å². The van der Waals surface area contributed by atoms with E-state index in [0.29, 0.717) is 29.4 Å². The van der Waals surface area contributed by atoms with Crippen LogP contribution >= 0.6 is 0 Å². The van der Waals surface area contributed by atoms with Crippen LogP contribution in [0.25, 0.3) is 22.4 Å². The summed E-state index contributed by atoms with van der Waals surface area (Å²) in [5, 5.41) is 24.8. The Balaban J connectivity index is 1.25. The minimum Gasteiger partial charge on any atom is -0.368 e. The van der Waals surface area contributed by atoms with E-state index >= 15 is 0 Å². The molecule has 1 aliphatic rings. The lowest BCUT2D eigenvalue weighted by Crippen LogP contribution is -2.42. The van der Waals surface area contributed by atoms with Gasteiger partial charge in [-0.25, -0.2) is 23.7 Å². The molecular formula is C26H27F2N7O3. The van der Waals surface area contributed by atoms with Crippen molar-refractivity contribution in [1.82, 2.24) is 30.2 Å². The number of aliphatic hydroxyl groups excluding tert-OH is 1. The van der Waals surface area contributed by atoms with E-state index in [0.717, 1.165) is 37.2 Å². The van der Waals surface area contributed by atoms with Crippen molar-refractivity contribution >= 4 is 22.8 Å². The number of carbonyl (C=O) groups is 1. The molecule has 4 aromatic heterocycles. The Morgan fingerprint density at radius 3 is 2.82 bits per heavy atom. The molecule has 0 radical (unpaired) electrons. The monoisotopic (exact) mass is 523 g/mol. The van der Waals surface area contributed by atoms with Gasteiger partial charge in [0.25, 0.3) is 5.91 Å². The number of hydrogen-bond acceptors (Lipinski definition) is 8. The number of amides is 1. The number of aliphatic hydroxyl groups is 2. The Morgan fingerprint density at radius 1 is 1.13 bits per heavy atom. The summed E-state index contributed by atoms with van der Waals surface area (Å²) < 4.78 is 28.4. The largest absolute Gasteiger partial charge is 0.368 e. The lowest BCUT2D eigenvalue weighted by molar-refractivity contribution is -0.0447. The molecule has 1 amide bonds. The maximum Gasteiger partial charge on any atom is 0.270 e. The van der Waals surface area contributed by atoms with Crippen LogP contribution in [-0.2, 0) is 6.42 Å². The Kier molecular flexibility index (Phi) is 7.52. The number of halogens is 2. The van der Waals surface area contributed by atoms with Gasteiger partial charge in [-0.1, -0.05) is 0 Å². The normalized spacial score (nSPS) is 17.6. The van der Waals surface area contributed by atoms with E-state index in [9.17, 15) is 13.6 Å². The molecule has 38 heavy (non-hydrogen) atoms. The van der Waals surface area contributed by atoms with Crippen LogP contribution in [0.1, 0.15) is 48.2 Å². The second-order valence-electron chi connectivity index (χ2n) is 9.39. The molecule has 0 aliphatic heterocycles. The predicted octanol–water partition coefficient (Wildman–Crippen LogP) is 3.09. The number of hydrogen-bond donors (Lipinski definition) is 5. The predicted molar refractivity (Wildman–Crippen MR) is 135 cm³/mol. The first-order valence-corrected chi connectivity index (χ1v) is 12.4. The Morgan fingerprint density at radius 2 is 1.97 bits per heavy atom. The number of nitrogens with one attached hydrogen (secondary N) is 3. The van der Waals surface area contributed by atoms with Crippen molar-refractivity contribution in [3.8, 4) is 11.4 Å². The molecule has 0 spiro atoms. The molecule has 1 aliphatic carbocycles. The third kappa shape index (κ3) is 5.92. The molecule has 4 aromatic rings. The fourth-order valence-electron chi connectivity index (χ4n) is 4.72. The number of fused-ring (bicyclic) bond motifs is 1. The fourth-order valence-corrected chi connectivity index (χ4v) is 4.72. The average Bonchev–Trinajstić information content (AvgIpc) is 3.32. The molecule has 12 heteroatoms. The third-order valence-corrected chi connectivity index (χ3v) is 6.58. The van der Waals surface area contributed by atoms with Crippen molar-refractivity contribution in [2.45, 2.75) is 56.9 Å². The first kappa shape index (κ1) is 25.6. The van der Waals surface area contributed by atoms with Gasteiger partial charge in [0, 0.05) is 41.8 Å². The third-order valence-electron chi connectivity index (χ3n) is 6.58. The zero-order chi connectivity index (χ0) is 26.6. The van der Waals surface area contributed by atoms with Crippen LogP contribution < -0.4 is 10.6 Å². The number of nitrogens with zero attached hydrogens (tertiary/aromatic N) is 4. The van der Waals surface area contributed by atoms with E-state index in [1.807, 2.05) is 0 Å². The van der Waals surface area contributed by atoms with E-state index < -0.39 is 17.9 Å².